The number of alkyl halides is 3. The summed E-state index contributed by atoms with van der Waals surface area (Å²) in [5.41, 5.74) is 1.32. The topological polar surface area (TPSA) is 41.9 Å². The van der Waals surface area contributed by atoms with Crippen LogP contribution in [0, 0.1) is 0 Å². The van der Waals surface area contributed by atoms with Gasteiger partial charge >= 0.3 is 6.36 Å². The summed E-state index contributed by atoms with van der Waals surface area (Å²) in [7, 11) is 0. The third-order valence-corrected chi connectivity index (χ3v) is 4.61. The first-order valence-electron chi connectivity index (χ1n) is 9.02. The number of hydrogen-bond acceptors (Lipinski definition) is 4. The molecule has 0 bridgehead atoms. The van der Waals surface area contributed by atoms with Crippen molar-refractivity contribution in [3.63, 3.8) is 0 Å². The van der Waals surface area contributed by atoms with E-state index in [1.807, 2.05) is 12.1 Å². The predicted octanol–water partition coefficient (Wildman–Crippen LogP) is 5.59. The molecule has 0 spiro atoms. The van der Waals surface area contributed by atoms with Gasteiger partial charge in [-0.25, -0.2) is 0 Å². The molecule has 0 aliphatic carbocycles. The van der Waals surface area contributed by atoms with Crippen LogP contribution in [0.25, 0.3) is 0 Å². The second-order valence-electron chi connectivity index (χ2n) is 6.70. The largest absolute Gasteiger partial charge is 0.573 e. The Bertz CT molecular complexity index is 805. The Balaban J connectivity index is 1.63. The summed E-state index contributed by atoms with van der Waals surface area (Å²) in [6, 6.07) is 13.5. The number of hydrogen-bond donors (Lipinski definition) is 1. The molecule has 7 heteroatoms. The first-order valence-corrected chi connectivity index (χ1v) is 9.02. The molecule has 2 aromatic rings. The molecule has 1 atom stereocenters. The molecule has 3 rings (SSSR count). The van der Waals surface area contributed by atoms with Crippen molar-refractivity contribution in [2.75, 3.05) is 11.4 Å². The van der Waals surface area contributed by atoms with Gasteiger partial charge in [-0.1, -0.05) is 24.8 Å². The van der Waals surface area contributed by atoms with Gasteiger partial charge in [-0.05, 0) is 43.2 Å². The first-order chi connectivity index (χ1) is 13.3. The molecular weight excluding hydrogens is 371 g/mol. The molecule has 1 fully saturated rings. The minimum absolute atomic E-state index is 0.0394. The lowest BCUT2D eigenvalue weighted by Crippen LogP contribution is -2.29. The van der Waals surface area contributed by atoms with Gasteiger partial charge in [0.05, 0.1) is 5.76 Å². The second-order valence-corrected chi connectivity index (χ2v) is 6.70. The fraction of sp³-hybridized carbons (Fsp3) is 0.333. The minimum atomic E-state index is -4.75. The van der Waals surface area contributed by atoms with Gasteiger partial charge < -0.3 is 19.5 Å². The number of benzene rings is 2. The van der Waals surface area contributed by atoms with Crippen LogP contribution in [0.1, 0.15) is 24.8 Å². The van der Waals surface area contributed by atoms with E-state index in [0.29, 0.717) is 17.7 Å². The summed E-state index contributed by atoms with van der Waals surface area (Å²) < 4.78 is 47.2. The van der Waals surface area contributed by atoms with Crippen molar-refractivity contribution in [2.45, 2.75) is 38.3 Å². The number of rotatable bonds is 7. The van der Waals surface area contributed by atoms with Crippen LogP contribution >= 0.6 is 0 Å². The van der Waals surface area contributed by atoms with Crippen molar-refractivity contribution < 1.29 is 27.8 Å². The van der Waals surface area contributed by atoms with Crippen LogP contribution in [0.4, 0.5) is 18.9 Å². The number of para-hydroxylation sites is 1. The molecule has 0 radical (unpaired) electrons. The molecule has 0 saturated carbocycles. The number of ether oxygens (including phenoxy) is 2. The lowest BCUT2D eigenvalue weighted by molar-refractivity contribution is -0.275. The van der Waals surface area contributed by atoms with Gasteiger partial charge in [0.25, 0.3) is 0 Å². The molecular formula is C21H22F3NO3. The Morgan fingerprint density at radius 2 is 1.86 bits per heavy atom. The van der Waals surface area contributed by atoms with Crippen LogP contribution in [0.2, 0.25) is 0 Å². The van der Waals surface area contributed by atoms with E-state index < -0.39 is 6.36 Å². The highest BCUT2D eigenvalue weighted by Gasteiger charge is 2.32. The van der Waals surface area contributed by atoms with Crippen LogP contribution < -0.4 is 14.4 Å². The molecule has 2 aromatic carbocycles. The molecule has 28 heavy (non-hydrogen) atoms. The molecule has 0 amide bonds. The average molecular weight is 393 g/mol. The Labute approximate surface area is 161 Å². The van der Waals surface area contributed by atoms with Gasteiger partial charge in [-0.3, -0.25) is 0 Å². The maximum absolute atomic E-state index is 12.5. The number of anilines is 1. The lowest BCUT2D eigenvalue weighted by atomic mass is 10.1. The summed E-state index contributed by atoms with van der Waals surface area (Å²) in [6.45, 7) is 4.44. The number of nitrogens with zero attached hydrogens (tertiary/aromatic N) is 1. The van der Waals surface area contributed by atoms with E-state index in [-0.39, 0.29) is 24.2 Å². The number of aliphatic hydroxyl groups is 1. The van der Waals surface area contributed by atoms with Gasteiger partial charge in [-0.15, -0.1) is 13.2 Å². The highest BCUT2D eigenvalue weighted by Crippen LogP contribution is 2.31. The fourth-order valence-electron chi connectivity index (χ4n) is 3.40. The van der Waals surface area contributed by atoms with Crippen molar-refractivity contribution in [3.05, 3.63) is 66.4 Å². The summed E-state index contributed by atoms with van der Waals surface area (Å²) >= 11 is 0. The first kappa shape index (κ1) is 19.9. The van der Waals surface area contributed by atoms with Crippen molar-refractivity contribution in [1.82, 2.24) is 0 Å². The van der Waals surface area contributed by atoms with E-state index in [9.17, 15) is 18.3 Å². The summed E-state index contributed by atoms with van der Waals surface area (Å²) in [4.78, 5) is 2.22. The van der Waals surface area contributed by atoms with Gasteiger partial charge in [0.2, 0.25) is 0 Å². The van der Waals surface area contributed by atoms with E-state index in [2.05, 4.69) is 16.2 Å². The average Bonchev–Trinajstić information content (AvgIpc) is 3.07. The number of aliphatic hydroxyl groups excluding tert-OH is 1. The number of halogens is 3. The molecule has 1 N–H and O–H groups in total. The van der Waals surface area contributed by atoms with Gasteiger partial charge in [0, 0.05) is 30.3 Å². The Morgan fingerprint density at radius 1 is 1.14 bits per heavy atom. The summed E-state index contributed by atoms with van der Waals surface area (Å²) in [5.74, 6) is 0.459. The third kappa shape index (κ3) is 5.34. The highest BCUT2D eigenvalue weighted by molar-refractivity contribution is 5.51. The predicted molar refractivity (Wildman–Crippen MR) is 101 cm³/mol. The molecule has 1 saturated heterocycles. The Morgan fingerprint density at radius 3 is 2.54 bits per heavy atom. The normalized spacial score (nSPS) is 16.8. The van der Waals surface area contributed by atoms with Gasteiger partial charge in [-0.2, -0.15) is 0 Å². The third-order valence-electron chi connectivity index (χ3n) is 4.61. The van der Waals surface area contributed by atoms with Crippen molar-refractivity contribution in [1.29, 1.82) is 0 Å². The molecule has 4 nitrogen and oxygen atoms in total. The van der Waals surface area contributed by atoms with Crippen molar-refractivity contribution >= 4 is 5.69 Å². The van der Waals surface area contributed by atoms with Crippen LogP contribution in [-0.4, -0.2) is 24.1 Å². The summed E-state index contributed by atoms with van der Waals surface area (Å²) in [6.07, 6.45) is -2.17. The SMILES string of the molecule is C=C(O)CC1CCCN1c1ccc(OCc2ccccc2OC(F)(F)F)cc1. The van der Waals surface area contributed by atoms with Crippen LogP contribution in [0.5, 0.6) is 11.5 Å². The van der Waals surface area contributed by atoms with Crippen molar-refractivity contribution in [3.8, 4) is 11.5 Å². The zero-order valence-corrected chi connectivity index (χ0v) is 15.3. The van der Waals surface area contributed by atoms with E-state index in [4.69, 9.17) is 4.74 Å². The minimum Gasteiger partial charge on any atom is -0.513 e. The van der Waals surface area contributed by atoms with Crippen LogP contribution in [0.15, 0.2) is 60.9 Å². The van der Waals surface area contributed by atoms with E-state index in [1.165, 1.54) is 18.2 Å². The fourth-order valence-corrected chi connectivity index (χ4v) is 3.40. The van der Waals surface area contributed by atoms with Gasteiger partial charge in [0.15, 0.2) is 0 Å². The maximum Gasteiger partial charge on any atom is 0.573 e. The van der Waals surface area contributed by atoms with E-state index in [1.54, 1.807) is 18.2 Å². The Hall–Kier alpha value is -2.83. The Kier molecular flexibility index (Phi) is 6.02. The monoisotopic (exact) mass is 393 g/mol. The molecule has 150 valence electrons. The summed E-state index contributed by atoms with van der Waals surface area (Å²) in [5, 5.41) is 9.47. The molecule has 1 unspecified atom stereocenters. The zero-order valence-electron chi connectivity index (χ0n) is 15.3. The van der Waals surface area contributed by atoms with Gasteiger partial charge in [0.1, 0.15) is 18.1 Å². The quantitative estimate of drug-likeness (QED) is 0.622. The maximum atomic E-state index is 12.5. The van der Waals surface area contributed by atoms with Crippen LogP contribution in [-0.2, 0) is 6.61 Å². The smallest absolute Gasteiger partial charge is 0.513 e. The van der Waals surface area contributed by atoms with E-state index in [0.717, 1.165) is 25.1 Å². The molecule has 1 aliphatic rings. The van der Waals surface area contributed by atoms with Crippen LogP contribution in [0.3, 0.4) is 0 Å². The molecule has 1 heterocycles. The van der Waals surface area contributed by atoms with E-state index >= 15 is 0 Å². The standard InChI is InChI=1S/C21H22F3NO3/c1-15(26)13-18-6-4-12-25(18)17-8-10-19(11-9-17)27-14-16-5-2-3-7-20(16)28-21(22,23)24/h2-3,5,7-11,18,26H,1,4,6,12-14H2. The second kappa shape index (κ2) is 8.46. The molecule has 1 aliphatic heterocycles. The van der Waals surface area contributed by atoms with Crippen molar-refractivity contribution in [2.24, 2.45) is 0 Å². The zero-order chi connectivity index (χ0) is 20.1. The molecule has 0 aromatic heterocycles. The highest BCUT2D eigenvalue weighted by atomic mass is 19.4. The lowest BCUT2D eigenvalue weighted by Gasteiger charge is -2.26.